The van der Waals surface area contributed by atoms with Crippen LogP contribution in [-0.2, 0) is 7.05 Å². The van der Waals surface area contributed by atoms with Crippen LogP contribution in [0.5, 0.6) is 0 Å². The summed E-state index contributed by atoms with van der Waals surface area (Å²) in [6.45, 7) is 3.25. The highest BCUT2D eigenvalue weighted by molar-refractivity contribution is 7.09. The summed E-state index contributed by atoms with van der Waals surface area (Å²) in [4.78, 5) is 15.5. The van der Waals surface area contributed by atoms with Crippen LogP contribution in [-0.4, -0.2) is 48.4 Å². The minimum absolute atomic E-state index is 0.00458. The average molecular weight is 358 g/mol. The van der Waals surface area contributed by atoms with Gasteiger partial charge < -0.3 is 9.42 Å². The van der Waals surface area contributed by atoms with E-state index in [-0.39, 0.29) is 11.8 Å². The third-order valence-corrected chi connectivity index (χ3v) is 5.26. The molecule has 4 rings (SSSR count). The number of amides is 1. The van der Waals surface area contributed by atoms with Gasteiger partial charge in [-0.2, -0.15) is 5.10 Å². The molecule has 0 aromatic carbocycles. The molecule has 9 heteroatoms. The lowest BCUT2D eigenvalue weighted by Crippen LogP contribution is -2.40. The van der Waals surface area contributed by atoms with Crippen molar-refractivity contribution in [1.29, 1.82) is 0 Å². The minimum atomic E-state index is 0.00458. The third kappa shape index (κ3) is 2.95. The molecule has 4 heterocycles. The van der Waals surface area contributed by atoms with Gasteiger partial charge in [0, 0.05) is 38.3 Å². The number of aryl methyl sites for hydroxylation is 2. The van der Waals surface area contributed by atoms with E-state index < -0.39 is 0 Å². The molecule has 25 heavy (non-hydrogen) atoms. The molecule has 1 atom stereocenters. The van der Waals surface area contributed by atoms with Crippen molar-refractivity contribution in [2.45, 2.75) is 25.7 Å². The molecule has 1 aliphatic rings. The van der Waals surface area contributed by atoms with E-state index in [1.165, 1.54) is 11.5 Å². The maximum absolute atomic E-state index is 12.8. The molecule has 1 aliphatic heterocycles. The summed E-state index contributed by atoms with van der Waals surface area (Å²) in [5.74, 6) is 0.840. The van der Waals surface area contributed by atoms with Crippen LogP contribution in [0.25, 0.3) is 10.6 Å². The molecule has 0 aliphatic carbocycles. The monoisotopic (exact) mass is 358 g/mol. The summed E-state index contributed by atoms with van der Waals surface area (Å²) >= 11 is 1.31. The van der Waals surface area contributed by atoms with Crippen molar-refractivity contribution in [1.82, 2.24) is 29.4 Å². The van der Waals surface area contributed by atoms with E-state index in [2.05, 4.69) is 19.8 Å². The minimum Gasteiger partial charge on any atom is -0.355 e. The van der Waals surface area contributed by atoms with Crippen LogP contribution >= 0.6 is 11.5 Å². The normalized spacial score (nSPS) is 17.8. The molecule has 3 aromatic rings. The first-order chi connectivity index (χ1) is 12.1. The lowest BCUT2D eigenvalue weighted by Gasteiger charge is -2.32. The Morgan fingerprint density at radius 3 is 3.04 bits per heavy atom. The smallest absolute Gasteiger partial charge is 0.272 e. The largest absolute Gasteiger partial charge is 0.355 e. The molecule has 0 bridgehead atoms. The Labute approximate surface area is 148 Å². The maximum Gasteiger partial charge on any atom is 0.272 e. The fourth-order valence-electron chi connectivity index (χ4n) is 3.24. The summed E-state index contributed by atoms with van der Waals surface area (Å²) in [6.07, 6.45) is 3.55. The molecule has 0 saturated carbocycles. The number of likely N-dealkylation sites (tertiary alicyclic amines) is 1. The van der Waals surface area contributed by atoms with Crippen LogP contribution in [0.2, 0.25) is 0 Å². The van der Waals surface area contributed by atoms with Gasteiger partial charge in [0.2, 0.25) is 0 Å². The first kappa shape index (κ1) is 15.9. The van der Waals surface area contributed by atoms with Gasteiger partial charge in [-0.05, 0) is 37.4 Å². The number of nitrogens with zero attached hydrogens (tertiary/aromatic N) is 6. The lowest BCUT2D eigenvalue weighted by molar-refractivity contribution is 0.0695. The van der Waals surface area contributed by atoms with Crippen molar-refractivity contribution in [2.24, 2.45) is 7.05 Å². The van der Waals surface area contributed by atoms with Crippen molar-refractivity contribution >= 4 is 17.4 Å². The van der Waals surface area contributed by atoms with Crippen molar-refractivity contribution in [3.63, 3.8) is 0 Å². The maximum atomic E-state index is 12.8. The first-order valence-electron chi connectivity index (χ1n) is 8.16. The Bertz CT molecular complexity index is 898. The molecule has 3 aromatic heterocycles. The highest BCUT2D eigenvalue weighted by Gasteiger charge is 2.31. The Balaban J connectivity index is 1.57. The van der Waals surface area contributed by atoms with Crippen LogP contribution in [0.15, 0.2) is 22.9 Å². The molecule has 8 nitrogen and oxygen atoms in total. The van der Waals surface area contributed by atoms with E-state index in [1.807, 2.05) is 17.9 Å². The summed E-state index contributed by atoms with van der Waals surface area (Å²) < 4.78 is 11.1. The van der Waals surface area contributed by atoms with Crippen molar-refractivity contribution in [2.75, 3.05) is 13.1 Å². The number of hydrogen-bond acceptors (Lipinski definition) is 7. The van der Waals surface area contributed by atoms with Crippen molar-refractivity contribution in [3.05, 3.63) is 35.4 Å². The number of carbonyl (C=O) groups is 1. The van der Waals surface area contributed by atoms with Gasteiger partial charge in [-0.3, -0.25) is 9.48 Å². The summed E-state index contributed by atoms with van der Waals surface area (Å²) in [6, 6.07) is 3.64. The zero-order valence-corrected chi connectivity index (χ0v) is 14.9. The molecule has 130 valence electrons. The molecule has 0 spiro atoms. The van der Waals surface area contributed by atoms with E-state index in [1.54, 1.807) is 24.0 Å². The van der Waals surface area contributed by atoms with E-state index in [0.717, 1.165) is 35.7 Å². The predicted octanol–water partition coefficient (Wildman–Crippen LogP) is 2.25. The standard InChI is InChI=1S/C16H18N6O2S/c1-10-8-13(24-19-10)15-14(18-20-25-15)11-4-3-7-22(9-11)16(23)12-5-6-17-21(12)2/h5-6,8,11H,3-4,7,9H2,1-2H3. The highest BCUT2D eigenvalue weighted by atomic mass is 32.1. The summed E-state index contributed by atoms with van der Waals surface area (Å²) in [5, 5.41) is 12.4. The van der Waals surface area contributed by atoms with E-state index in [0.29, 0.717) is 18.0 Å². The Kier molecular flexibility index (Phi) is 4.08. The van der Waals surface area contributed by atoms with Gasteiger partial charge >= 0.3 is 0 Å². The zero-order valence-electron chi connectivity index (χ0n) is 14.0. The van der Waals surface area contributed by atoms with Crippen LogP contribution in [0.3, 0.4) is 0 Å². The van der Waals surface area contributed by atoms with Gasteiger partial charge in [0.05, 0.1) is 11.4 Å². The molecule has 1 fully saturated rings. The Morgan fingerprint density at radius 2 is 2.32 bits per heavy atom. The number of piperidine rings is 1. The van der Waals surface area contributed by atoms with E-state index >= 15 is 0 Å². The molecule has 0 N–H and O–H groups in total. The molecule has 1 unspecified atom stereocenters. The van der Waals surface area contributed by atoms with Gasteiger partial charge in [-0.1, -0.05) is 9.64 Å². The number of aromatic nitrogens is 5. The quantitative estimate of drug-likeness (QED) is 0.713. The average Bonchev–Trinajstić information content (AvgIpc) is 3.34. The van der Waals surface area contributed by atoms with Crippen molar-refractivity contribution in [3.8, 4) is 10.6 Å². The van der Waals surface area contributed by atoms with Gasteiger partial charge in [-0.15, -0.1) is 5.10 Å². The third-order valence-electron chi connectivity index (χ3n) is 4.50. The molecular weight excluding hydrogens is 340 g/mol. The lowest BCUT2D eigenvalue weighted by atomic mass is 9.93. The van der Waals surface area contributed by atoms with Gasteiger partial charge in [0.1, 0.15) is 10.6 Å². The number of hydrogen-bond donors (Lipinski definition) is 0. The topological polar surface area (TPSA) is 89.9 Å². The molecular formula is C16H18N6O2S. The van der Waals surface area contributed by atoms with Crippen LogP contribution in [0.1, 0.15) is 40.6 Å². The van der Waals surface area contributed by atoms with Crippen molar-refractivity contribution < 1.29 is 9.32 Å². The first-order valence-corrected chi connectivity index (χ1v) is 8.94. The van der Waals surface area contributed by atoms with E-state index in [4.69, 9.17) is 4.52 Å². The van der Waals surface area contributed by atoms with E-state index in [9.17, 15) is 4.79 Å². The highest BCUT2D eigenvalue weighted by Crippen LogP contribution is 2.35. The fourth-order valence-corrected chi connectivity index (χ4v) is 3.93. The molecule has 0 radical (unpaired) electrons. The Morgan fingerprint density at radius 1 is 1.44 bits per heavy atom. The van der Waals surface area contributed by atoms with Crippen LogP contribution < -0.4 is 0 Å². The van der Waals surface area contributed by atoms with Gasteiger partial charge in [-0.25, -0.2) is 0 Å². The second-order valence-electron chi connectivity index (χ2n) is 6.25. The molecule has 1 amide bonds. The number of rotatable bonds is 3. The fraction of sp³-hybridized carbons (Fsp3) is 0.438. The van der Waals surface area contributed by atoms with Crippen LogP contribution in [0, 0.1) is 6.92 Å². The second kappa shape index (κ2) is 6.40. The zero-order chi connectivity index (χ0) is 17.4. The summed E-state index contributed by atoms with van der Waals surface area (Å²) in [7, 11) is 1.78. The van der Waals surface area contributed by atoms with Crippen LogP contribution in [0.4, 0.5) is 0 Å². The van der Waals surface area contributed by atoms with Gasteiger partial charge in [0.15, 0.2) is 5.76 Å². The SMILES string of the molecule is Cc1cc(-c2snnc2C2CCCN(C(=O)c3ccnn3C)C2)on1. The number of carbonyl (C=O) groups excluding carboxylic acids is 1. The molecule has 1 saturated heterocycles. The second-order valence-corrected chi connectivity index (χ2v) is 7.00. The predicted molar refractivity (Wildman–Crippen MR) is 91.2 cm³/mol. The van der Waals surface area contributed by atoms with Gasteiger partial charge in [0.25, 0.3) is 5.91 Å². The summed E-state index contributed by atoms with van der Waals surface area (Å²) in [5.41, 5.74) is 2.32. The Hall–Kier alpha value is -2.55.